The lowest BCUT2D eigenvalue weighted by Crippen LogP contribution is -2.37. The number of hydrogen-bond donors (Lipinski definition) is 0. The first kappa shape index (κ1) is 10.3. The molecule has 6 unspecified atom stereocenters. The van der Waals surface area contributed by atoms with E-state index in [0.717, 1.165) is 18.3 Å². The van der Waals surface area contributed by atoms with Crippen LogP contribution in [0.25, 0.3) is 0 Å². The minimum Gasteiger partial charge on any atom is -0.299 e. The van der Waals surface area contributed by atoms with Gasteiger partial charge in [-0.2, -0.15) is 0 Å². The molecule has 0 aliphatic heterocycles. The van der Waals surface area contributed by atoms with E-state index in [2.05, 4.69) is 22.9 Å². The fraction of sp³-hybridized carbons (Fsp3) is 0.923. The van der Waals surface area contributed by atoms with Crippen LogP contribution in [0.15, 0.2) is 0 Å². The van der Waals surface area contributed by atoms with Gasteiger partial charge in [0.15, 0.2) is 0 Å². The van der Waals surface area contributed by atoms with Gasteiger partial charge in [-0.05, 0) is 37.0 Å². The first-order valence-electron chi connectivity index (χ1n) is 6.36. The molecule has 0 bridgehead atoms. The first-order valence-corrected chi connectivity index (χ1v) is 7.28. The summed E-state index contributed by atoms with van der Waals surface area (Å²) in [4.78, 5) is 12.7. The molecule has 0 aromatic heterocycles. The summed E-state index contributed by atoms with van der Waals surface area (Å²) in [5.74, 6) is 3.69. The van der Waals surface area contributed by atoms with Gasteiger partial charge in [-0.3, -0.25) is 4.79 Å². The molecular weight excluding hydrogens is 252 g/mol. The van der Waals surface area contributed by atoms with E-state index in [-0.39, 0.29) is 0 Å². The van der Waals surface area contributed by atoms with Crippen LogP contribution in [-0.4, -0.2) is 10.6 Å². The van der Waals surface area contributed by atoms with E-state index in [1.165, 1.54) is 25.7 Å². The number of alkyl halides is 1. The highest BCUT2D eigenvalue weighted by Crippen LogP contribution is 2.54. The van der Waals surface area contributed by atoms with Gasteiger partial charge in [0.05, 0.1) is 0 Å². The third-order valence-corrected chi connectivity index (χ3v) is 6.44. The van der Waals surface area contributed by atoms with Crippen molar-refractivity contribution < 1.29 is 4.79 Å². The van der Waals surface area contributed by atoms with E-state index < -0.39 is 0 Å². The monoisotopic (exact) mass is 270 g/mol. The standard InChI is InChI=1S/C13H19BrO/c1-7-5-10-11(13(7)15)6-8-3-2-4-9(8)12(10)14/h7-12H,2-6H2,1H3. The van der Waals surface area contributed by atoms with Crippen LogP contribution in [0.2, 0.25) is 0 Å². The van der Waals surface area contributed by atoms with Crippen LogP contribution in [0.4, 0.5) is 0 Å². The maximum atomic E-state index is 12.1. The molecule has 3 rings (SSSR count). The molecule has 0 spiro atoms. The summed E-state index contributed by atoms with van der Waals surface area (Å²) in [5.41, 5.74) is 0. The van der Waals surface area contributed by atoms with Crippen LogP contribution < -0.4 is 0 Å². The first-order chi connectivity index (χ1) is 7.18. The van der Waals surface area contributed by atoms with Crippen LogP contribution >= 0.6 is 15.9 Å². The molecule has 1 nitrogen and oxygen atoms in total. The zero-order valence-corrected chi connectivity index (χ0v) is 10.9. The SMILES string of the molecule is CC1CC2C(CC3CCCC3C2Br)C1=O. The quantitative estimate of drug-likeness (QED) is 0.617. The molecule has 15 heavy (non-hydrogen) atoms. The second-order valence-electron chi connectivity index (χ2n) is 5.84. The number of ketones is 1. The predicted molar refractivity (Wildman–Crippen MR) is 63.9 cm³/mol. The zero-order chi connectivity index (χ0) is 10.6. The lowest BCUT2D eigenvalue weighted by atomic mass is 9.71. The summed E-state index contributed by atoms with van der Waals surface area (Å²) < 4.78 is 0. The molecule has 0 aromatic carbocycles. The predicted octanol–water partition coefficient (Wildman–Crippen LogP) is 3.41. The highest BCUT2D eigenvalue weighted by Gasteiger charge is 2.51. The fourth-order valence-electron chi connectivity index (χ4n) is 4.33. The molecule has 6 atom stereocenters. The van der Waals surface area contributed by atoms with E-state index in [0.29, 0.717) is 28.4 Å². The maximum Gasteiger partial charge on any atom is 0.139 e. The van der Waals surface area contributed by atoms with Crippen molar-refractivity contribution in [3.05, 3.63) is 0 Å². The summed E-state index contributed by atoms with van der Waals surface area (Å²) in [5, 5.41) is 0. The van der Waals surface area contributed by atoms with Gasteiger partial charge in [0.2, 0.25) is 0 Å². The Bertz CT molecular complexity index is 288. The summed E-state index contributed by atoms with van der Waals surface area (Å²) in [6, 6.07) is 0. The summed E-state index contributed by atoms with van der Waals surface area (Å²) in [7, 11) is 0. The Kier molecular flexibility index (Phi) is 2.46. The maximum absolute atomic E-state index is 12.1. The van der Waals surface area contributed by atoms with Crippen molar-refractivity contribution in [1.29, 1.82) is 0 Å². The van der Waals surface area contributed by atoms with Crippen molar-refractivity contribution in [3.63, 3.8) is 0 Å². The van der Waals surface area contributed by atoms with Gasteiger partial charge >= 0.3 is 0 Å². The average Bonchev–Trinajstić information content (AvgIpc) is 2.77. The lowest BCUT2D eigenvalue weighted by Gasteiger charge is -2.38. The summed E-state index contributed by atoms with van der Waals surface area (Å²) in [6.07, 6.45) is 6.51. The van der Waals surface area contributed by atoms with Crippen molar-refractivity contribution >= 4 is 21.7 Å². The minimum atomic E-state index is 0.332. The topological polar surface area (TPSA) is 17.1 Å². The molecule has 0 saturated heterocycles. The van der Waals surface area contributed by atoms with Crippen molar-refractivity contribution in [2.24, 2.45) is 29.6 Å². The number of fused-ring (bicyclic) bond motifs is 2. The highest BCUT2D eigenvalue weighted by atomic mass is 79.9. The van der Waals surface area contributed by atoms with E-state index in [1.807, 2.05) is 0 Å². The molecule has 0 N–H and O–H groups in total. The van der Waals surface area contributed by atoms with Gasteiger partial charge in [-0.15, -0.1) is 0 Å². The van der Waals surface area contributed by atoms with Crippen molar-refractivity contribution in [3.8, 4) is 0 Å². The molecule has 0 radical (unpaired) electrons. The molecule has 2 heteroatoms. The van der Waals surface area contributed by atoms with E-state index in [1.54, 1.807) is 0 Å². The molecule has 3 aliphatic carbocycles. The van der Waals surface area contributed by atoms with Gasteiger partial charge in [0.1, 0.15) is 5.78 Å². The Morgan fingerprint density at radius 1 is 1.20 bits per heavy atom. The molecule has 3 aliphatic rings. The van der Waals surface area contributed by atoms with Gasteiger partial charge in [-0.1, -0.05) is 35.7 Å². The van der Waals surface area contributed by atoms with Crippen molar-refractivity contribution in [2.75, 3.05) is 0 Å². The number of rotatable bonds is 0. The van der Waals surface area contributed by atoms with E-state index in [4.69, 9.17) is 0 Å². The molecule has 3 saturated carbocycles. The molecular formula is C13H19BrO. The summed E-state index contributed by atoms with van der Waals surface area (Å²) in [6.45, 7) is 2.12. The van der Waals surface area contributed by atoms with Gasteiger partial charge in [0, 0.05) is 16.7 Å². The Morgan fingerprint density at radius 2 is 2.00 bits per heavy atom. The Labute approximate surface area is 100 Å². The van der Waals surface area contributed by atoms with Crippen LogP contribution in [0.3, 0.4) is 0 Å². The third-order valence-electron chi connectivity index (χ3n) is 5.09. The normalized spacial score (nSPS) is 54.1. The average molecular weight is 271 g/mol. The van der Waals surface area contributed by atoms with Crippen LogP contribution in [-0.2, 0) is 4.79 Å². The summed E-state index contributed by atoms with van der Waals surface area (Å²) >= 11 is 3.91. The second kappa shape index (κ2) is 3.58. The number of halogens is 1. The van der Waals surface area contributed by atoms with Crippen LogP contribution in [0, 0.1) is 29.6 Å². The van der Waals surface area contributed by atoms with Crippen molar-refractivity contribution in [1.82, 2.24) is 0 Å². The largest absolute Gasteiger partial charge is 0.299 e. The molecule has 0 heterocycles. The number of hydrogen-bond acceptors (Lipinski definition) is 1. The van der Waals surface area contributed by atoms with Crippen molar-refractivity contribution in [2.45, 2.75) is 43.9 Å². The Morgan fingerprint density at radius 3 is 2.80 bits per heavy atom. The fourth-order valence-corrected chi connectivity index (χ4v) is 5.61. The number of carbonyl (C=O) groups excluding carboxylic acids is 1. The molecule has 84 valence electrons. The zero-order valence-electron chi connectivity index (χ0n) is 9.29. The molecule has 3 fully saturated rings. The number of carbonyl (C=O) groups is 1. The van der Waals surface area contributed by atoms with E-state index in [9.17, 15) is 4.79 Å². The lowest BCUT2D eigenvalue weighted by molar-refractivity contribution is -0.125. The Balaban J connectivity index is 1.86. The highest BCUT2D eigenvalue weighted by molar-refractivity contribution is 9.09. The third kappa shape index (κ3) is 1.44. The molecule has 0 aromatic rings. The van der Waals surface area contributed by atoms with Gasteiger partial charge in [-0.25, -0.2) is 0 Å². The van der Waals surface area contributed by atoms with Crippen LogP contribution in [0.1, 0.15) is 39.0 Å². The second-order valence-corrected chi connectivity index (χ2v) is 6.90. The van der Waals surface area contributed by atoms with Gasteiger partial charge in [0.25, 0.3) is 0 Å². The number of Topliss-reactive ketones (excluding diaryl/α,β-unsaturated/α-hetero) is 1. The Hall–Kier alpha value is 0.150. The van der Waals surface area contributed by atoms with Gasteiger partial charge < -0.3 is 0 Å². The van der Waals surface area contributed by atoms with Crippen LogP contribution in [0.5, 0.6) is 0 Å². The minimum absolute atomic E-state index is 0.332. The molecule has 0 amide bonds. The van der Waals surface area contributed by atoms with E-state index >= 15 is 0 Å². The smallest absolute Gasteiger partial charge is 0.139 e.